The molecule has 9 nitrogen and oxygen atoms in total. The maximum Gasteiger partial charge on any atom is 0.220 e. The number of benzene rings is 1. The van der Waals surface area contributed by atoms with E-state index in [-0.39, 0.29) is 35.5 Å². The van der Waals surface area contributed by atoms with Gasteiger partial charge >= 0.3 is 0 Å². The van der Waals surface area contributed by atoms with Crippen LogP contribution in [0.1, 0.15) is 102 Å². The third kappa shape index (κ3) is 13.2. The summed E-state index contributed by atoms with van der Waals surface area (Å²) < 4.78 is 0. The number of aliphatic hydroxyl groups excluding tert-OH is 2. The Morgan fingerprint density at radius 2 is 1.67 bits per heavy atom. The number of rotatable bonds is 20. The molecule has 220 valence electrons. The van der Waals surface area contributed by atoms with Crippen LogP contribution >= 0.6 is 0 Å². The molecular formula is C30H48N2O7. The lowest BCUT2D eigenvalue weighted by atomic mass is 9.86. The van der Waals surface area contributed by atoms with Gasteiger partial charge in [-0.15, -0.1) is 0 Å². The van der Waals surface area contributed by atoms with Gasteiger partial charge in [0.25, 0.3) is 0 Å². The molecule has 0 saturated heterocycles. The first-order valence-electron chi connectivity index (χ1n) is 14.5. The molecule has 0 radical (unpaired) electrons. The quantitative estimate of drug-likeness (QED) is 0.0871. The summed E-state index contributed by atoms with van der Waals surface area (Å²) in [6.45, 7) is 2.45. The zero-order chi connectivity index (χ0) is 28.5. The lowest BCUT2D eigenvalue weighted by Crippen LogP contribution is -2.23. The average Bonchev–Trinajstić information content (AvgIpc) is 3.18. The third-order valence-electron chi connectivity index (χ3n) is 7.62. The van der Waals surface area contributed by atoms with Gasteiger partial charge in [-0.1, -0.05) is 69.0 Å². The number of carbonyl (C=O) groups excluding carboxylic acids is 2. The minimum atomic E-state index is -0.567. The van der Waals surface area contributed by atoms with E-state index in [0.717, 1.165) is 30.4 Å². The fourth-order valence-electron chi connectivity index (χ4n) is 5.32. The fourth-order valence-corrected chi connectivity index (χ4v) is 5.32. The summed E-state index contributed by atoms with van der Waals surface area (Å²) in [5, 5.41) is 40.9. The fraction of sp³-hybridized carbons (Fsp3) is 0.667. The molecule has 9 heteroatoms. The lowest BCUT2D eigenvalue weighted by Gasteiger charge is -2.22. The summed E-state index contributed by atoms with van der Waals surface area (Å²) in [4.78, 5) is 29.2. The largest absolute Gasteiger partial charge is 0.393 e. The van der Waals surface area contributed by atoms with Crippen molar-refractivity contribution in [1.29, 1.82) is 0 Å². The van der Waals surface area contributed by atoms with Crippen LogP contribution in [0.5, 0.6) is 0 Å². The molecule has 4 atom stereocenters. The van der Waals surface area contributed by atoms with E-state index in [1.807, 2.05) is 24.3 Å². The number of allylic oxidation sites excluding steroid dienone is 2. The van der Waals surface area contributed by atoms with Crippen molar-refractivity contribution >= 4 is 11.7 Å². The number of nitrogens with one attached hydrogen (secondary N) is 1. The van der Waals surface area contributed by atoms with Crippen LogP contribution in [0.15, 0.2) is 36.4 Å². The molecule has 39 heavy (non-hydrogen) atoms. The van der Waals surface area contributed by atoms with Gasteiger partial charge in [0.1, 0.15) is 5.78 Å². The highest BCUT2D eigenvalue weighted by Crippen LogP contribution is 2.38. The van der Waals surface area contributed by atoms with Crippen LogP contribution in [0.25, 0.3) is 0 Å². The Morgan fingerprint density at radius 1 is 0.949 bits per heavy atom. The molecule has 0 spiro atoms. The second-order valence-corrected chi connectivity index (χ2v) is 10.6. The molecule has 1 fully saturated rings. The highest BCUT2D eigenvalue weighted by molar-refractivity contribution is 5.78. The van der Waals surface area contributed by atoms with Crippen molar-refractivity contribution in [3.8, 4) is 0 Å². The van der Waals surface area contributed by atoms with Gasteiger partial charge in [0.2, 0.25) is 5.91 Å². The van der Waals surface area contributed by atoms with E-state index in [1.54, 1.807) is 12.1 Å². The Balaban J connectivity index is 1.66. The van der Waals surface area contributed by atoms with Crippen LogP contribution in [0.3, 0.4) is 0 Å². The monoisotopic (exact) mass is 548 g/mol. The summed E-state index contributed by atoms with van der Waals surface area (Å²) in [5.74, 6) is 0.0659. The first kappa shape index (κ1) is 33.1. The van der Waals surface area contributed by atoms with Gasteiger partial charge < -0.3 is 15.5 Å². The lowest BCUT2D eigenvalue weighted by molar-refractivity contribution is -0.497. The van der Waals surface area contributed by atoms with Gasteiger partial charge in [-0.2, -0.15) is 0 Å². The number of nitrogens with zero attached hydrogens (tertiary/aromatic N) is 1. The van der Waals surface area contributed by atoms with Gasteiger partial charge in [-0.05, 0) is 61.5 Å². The van der Waals surface area contributed by atoms with E-state index in [0.29, 0.717) is 51.5 Å². The topological polar surface area (TPSA) is 140 Å². The zero-order valence-electron chi connectivity index (χ0n) is 23.3. The predicted octanol–water partition coefficient (Wildman–Crippen LogP) is 5.00. The molecule has 1 aliphatic carbocycles. The second kappa shape index (κ2) is 19.0. The van der Waals surface area contributed by atoms with Crippen LogP contribution in [0.2, 0.25) is 0 Å². The molecule has 1 saturated carbocycles. The first-order chi connectivity index (χ1) is 18.8. The molecule has 5 N–H and O–H groups in total. The van der Waals surface area contributed by atoms with Crippen LogP contribution < -0.4 is 5.32 Å². The summed E-state index contributed by atoms with van der Waals surface area (Å²) in [6, 6.07) is 7.27. The molecule has 2 rings (SSSR count). The highest BCUT2D eigenvalue weighted by atomic mass is 17.1. The Bertz CT molecular complexity index is 877. The normalized spacial score (nSPS) is 21.2. The molecule has 0 aromatic heterocycles. The van der Waals surface area contributed by atoms with E-state index >= 15 is 0 Å². The van der Waals surface area contributed by atoms with Crippen molar-refractivity contribution in [3.05, 3.63) is 47.5 Å². The number of carbonyl (C=O) groups is 2. The van der Waals surface area contributed by atoms with Crippen molar-refractivity contribution < 1.29 is 35.1 Å². The van der Waals surface area contributed by atoms with E-state index in [2.05, 4.69) is 17.1 Å². The molecule has 1 aromatic rings. The number of amides is 1. The van der Waals surface area contributed by atoms with Crippen molar-refractivity contribution in [2.45, 2.75) is 116 Å². The highest BCUT2D eigenvalue weighted by Gasteiger charge is 2.40. The van der Waals surface area contributed by atoms with E-state index in [4.69, 9.17) is 10.4 Å². The average molecular weight is 549 g/mol. The van der Waals surface area contributed by atoms with Gasteiger partial charge in [-0.3, -0.25) is 20.0 Å². The van der Waals surface area contributed by atoms with Crippen LogP contribution in [-0.2, 0) is 27.6 Å². The zero-order valence-corrected chi connectivity index (χ0v) is 23.3. The van der Waals surface area contributed by atoms with E-state index in [1.165, 1.54) is 19.3 Å². The number of Topliss-reactive ketones (excluding diaryl/α,β-unsaturated/α-hetero) is 1. The number of hydrogen-bond acceptors (Lipinski definition) is 8. The number of unbranched alkanes of at least 4 members (excludes halogenated alkanes) is 5. The van der Waals surface area contributed by atoms with Gasteiger partial charge in [0.15, 0.2) is 0 Å². The third-order valence-corrected chi connectivity index (χ3v) is 7.62. The van der Waals surface area contributed by atoms with Crippen molar-refractivity contribution in [1.82, 2.24) is 10.7 Å². The van der Waals surface area contributed by atoms with Crippen LogP contribution in [-0.4, -0.2) is 49.9 Å². The minimum Gasteiger partial charge on any atom is -0.393 e. The van der Waals surface area contributed by atoms with Crippen molar-refractivity contribution in [2.75, 3.05) is 0 Å². The van der Waals surface area contributed by atoms with E-state index < -0.39 is 12.2 Å². The Kier molecular flexibility index (Phi) is 16.1. The predicted molar refractivity (Wildman–Crippen MR) is 147 cm³/mol. The van der Waals surface area contributed by atoms with Crippen LogP contribution in [0.4, 0.5) is 0 Å². The second-order valence-electron chi connectivity index (χ2n) is 10.6. The van der Waals surface area contributed by atoms with Crippen molar-refractivity contribution in [3.63, 3.8) is 0 Å². The number of hydrogen-bond donors (Lipinski definition) is 5. The maximum absolute atomic E-state index is 12.3. The van der Waals surface area contributed by atoms with Gasteiger partial charge in [0.05, 0.1) is 24.2 Å². The SMILES string of the molecule is CCCCCCCC(=O)CC[C@@H]1[C@@H](C/C=C\CCCC(=O)NCc2ccccc2CON(O)O)[C@@H](O)C[C@H]1O. The molecular weight excluding hydrogens is 500 g/mol. The minimum absolute atomic E-state index is 0.0349. The Labute approximate surface area is 232 Å². The van der Waals surface area contributed by atoms with Gasteiger partial charge in [-0.25, -0.2) is 4.84 Å². The molecule has 0 aliphatic heterocycles. The Morgan fingerprint density at radius 3 is 2.41 bits per heavy atom. The van der Waals surface area contributed by atoms with Gasteiger partial charge in [0, 0.05) is 25.8 Å². The number of aliphatic hydroxyl groups is 2. The van der Waals surface area contributed by atoms with Crippen molar-refractivity contribution in [2.24, 2.45) is 11.8 Å². The summed E-state index contributed by atoms with van der Waals surface area (Å²) >= 11 is 0. The molecule has 1 aliphatic rings. The molecule has 1 aromatic carbocycles. The standard InChI is InChI=1S/C30H48N2O7/c1-2-3-4-5-8-15-25(33)18-19-27-26(28(34)20-29(27)35)16-9-6-7-10-17-30(36)31-21-23-13-11-12-14-24(23)22-39-32(37)38/h6,9,11-14,26-29,34-35,37-38H,2-5,7-8,10,15-22H2,1H3,(H,31,36)/b9-6-/t26-,27-,28+,29-/m1/s1. The Hall–Kier alpha value is -2.14. The summed E-state index contributed by atoms with van der Waals surface area (Å²) in [5.41, 5.74) is 1.56. The molecule has 0 unspecified atom stereocenters. The first-order valence-corrected chi connectivity index (χ1v) is 14.5. The molecule has 0 bridgehead atoms. The molecule has 1 amide bonds. The summed E-state index contributed by atoms with van der Waals surface area (Å²) in [6.07, 6.45) is 13.0. The van der Waals surface area contributed by atoms with E-state index in [9.17, 15) is 19.8 Å². The number of ketones is 1. The smallest absolute Gasteiger partial charge is 0.220 e. The summed E-state index contributed by atoms with van der Waals surface area (Å²) in [7, 11) is 0. The maximum atomic E-state index is 12.3. The molecule has 0 heterocycles. The van der Waals surface area contributed by atoms with Crippen LogP contribution in [0, 0.1) is 11.8 Å².